The first-order valence-electron chi connectivity index (χ1n) is 8.80. The average Bonchev–Trinajstić information content (AvgIpc) is 3.26. The Bertz CT molecular complexity index is 943. The first-order valence-corrected chi connectivity index (χ1v) is 10.2. The van der Waals surface area contributed by atoms with Gasteiger partial charge in [-0.25, -0.2) is 0 Å². The highest BCUT2D eigenvalue weighted by atomic mass is 35.5. The molecule has 2 heterocycles. The van der Waals surface area contributed by atoms with Gasteiger partial charge in [-0.2, -0.15) is 0 Å². The topological polar surface area (TPSA) is 57.4 Å². The molecule has 1 aliphatic heterocycles. The zero-order valence-electron chi connectivity index (χ0n) is 15.1. The predicted molar refractivity (Wildman–Crippen MR) is 106 cm³/mol. The lowest BCUT2D eigenvalue weighted by Gasteiger charge is -2.11. The second kappa shape index (κ2) is 7.82. The zero-order chi connectivity index (χ0) is 18.8. The first-order chi connectivity index (χ1) is 13.1. The van der Waals surface area contributed by atoms with Gasteiger partial charge >= 0.3 is 0 Å². The van der Waals surface area contributed by atoms with Crippen molar-refractivity contribution in [1.29, 1.82) is 0 Å². The highest BCUT2D eigenvalue weighted by molar-refractivity contribution is 7.98. The predicted octanol–water partition coefficient (Wildman–Crippen LogP) is 5.40. The molecule has 140 valence electrons. The van der Waals surface area contributed by atoms with Crippen LogP contribution in [0.25, 0.3) is 11.5 Å². The number of halogens is 1. The average molecular weight is 403 g/mol. The Morgan fingerprint density at radius 2 is 2.04 bits per heavy atom. The van der Waals surface area contributed by atoms with Crippen LogP contribution in [-0.4, -0.2) is 22.9 Å². The summed E-state index contributed by atoms with van der Waals surface area (Å²) in [5.41, 5.74) is 3.09. The van der Waals surface area contributed by atoms with Crippen LogP contribution in [0.3, 0.4) is 0 Å². The van der Waals surface area contributed by atoms with Gasteiger partial charge in [0.2, 0.25) is 5.89 Å². The minimum absolute atomic E-state index is 0.204. The maximum Gasteiger partial charge on any atom is 0.277 e. The van der Waals surface area contributed by atoms with E-state index in [1.54, 1.807) is 12.1 Å². The maximum absolute atomic E-state index is 5.92. The fourth-order valence-electron chi connectivity index (χ4n) is 3.00. The van der Waals surface area contributed by atoms with E-state index in [9.17, 15) is 0 Å². The van der Waals surface area contributed by atoms with Crippen LogP contribution in [0.1, 0.15) is 25.0 Å². The molecule has 1 aromatic heterocycles. The van der Waals surface area contributed by atoms with Crippen LogP contribution in [0.2, 0.25) is 5.02 Å². The summed E-state index contributed by atoms with van der Waals surface area (Å²) in [4.78, 5) is 0. The maximum atomic E-state index is 5.92. The highest BCUT2D eigenvalue weighted by Gasteiger charge is 2.22. The Balaban J connectivity index is 1.50. The van der Waals surface area contributed by atoms with Gasteiger partial charge in [0.1, 0.15) is 17.6 Å². The molecule has 0 amide bonds. The molecule has 1 unspecified atom stereocenters. The van der Waals surface area contributed by atoms with E-state index in [2.05, 4.69) is 29.3 Å². The van der Waals surface area contributed by atoms with Crippen molar-refractivity contribution in [2.75, 3.05) is 6.61 Å². The quantitative estimate of drug-likeness (QED) is 0.514. The van der Waals surface area contributed by atoms with Gasteiger partial charge < -0.3 is 13.9 Å². The summed E-state index contributed by atoms with van der Waals surface area (Å²) in [5, 5.41) is 9.43. The minimum atomic E-state index is 0.204. The molecular formula is C20H19ClN2O3S. The molecule has 0 bridgehead atoms. The summed E-state index contributed by atoms with van der Waals surface area (Å²) < 4.78 is 17.5. The van der Waals surface area contributed by atoms with Crippen molar-refractivity contribution in [3.05, 3.63) is 52.5 Å². The van der Waals surface area contributed by atoms with Crippen molar-refractivity contribution in [1.82, 2.24) is 10.2 Å². The van der Waals surface area contributed by atoms with E-state index >= 15 is 0 Å². The lowest BCUT2D eigenvalue weighted by atomic mass is 10.1. The molecule has 0 fully saturated rings. The van der Waals surface area contributed by atoms with Gasteiger partial charge in [-0.3, -0.25) is 0 Å². The van der Waals surface area contributed by atoms with Crippen molar-refractivity contribution < 1.29 is 13.9 Å². The van der Waals surface area contributed by atoms with Crippen molar-refractivity contribution in [3.8, 4) is 23.0 Å². The van der Waals surface area contributed by atoms with E-state index in [0.29, 0.717) is 28.5 Å². The summed E-state index contributed by atoms with van der Waals surface area (Å²) >= 11 is 7.40. The SMILES string of the molecule is CCOc1cc2c(cc1CSc1nnc(-c3ccc(Cl)cc3)o1)OC(C)C2. The van der Waals surface area contributed by atoms with E-state index in [-0.39, 0.29) is 6.10 Å². The smallest absolute Gasteiger partial charge is 0.277 e. The number of hydrogen-bond donors (Lipinski definition) is 0. The minimum Gasteiger partial charge on any atom is -0.494 e. The summed E-state index contributed by atoms with van der Waals surface area (Å²) in [5.74, 6) is 2.96. The van der Waals surface area contributed by atoms with Gasteiger partial charge in [-0.15, -0.1) is 10.2 Å². The summed E-state index contributed by atoms with van der Waals surface area (Å²) in [6.07, 6.45) is 1.12. The van der Waals surface area contributed by atoms with E-state index in [4.69, 9.17) is 25.5 Å². The van der Waals surface area contributed by atoms with Gasteiger partial charge in [0.25, 0.3) is 5.22 Å². The molecular weight excluding hydrogens is 384 g/mol. The number of benzene rings is 2. The van der Waals surface area contributed by atoms with Gasteiger partial charge in [-0.05, 0) is 50.2 Å². The highest BCUT2D eigenvalue weighted by Crippen LogP contribution is 2.37. The number of thioether (sulfide) groups is 1. The fraction of sp³-hybridized carbons (Fsp3) is 0.300. The van der Waals surface area contributed by atoms with Crippen LogP contribution in [0, 0.1) is 0 Å². The second-order valence-corrected chi connectivity index (χ2v) is 7.66. The second-order valence-electron chi connectivity index (χ2n) is 6.30. The number of rotatable bonds is 6. The number of aromatic nitrogens is 2. The van der Waals surface area contributed by atoms with Gasteiger partial charge in [0, 0.05) is 33.9 Å². The van der Waals surface area contributed by atoms with E-state index < -0.39 is 0 Å². The van der Waals surface area contributed by atoms with Gasteiger partial charge in [0.05, 0.1) is 6.61 Å². The van der Waals surface area contributed by atoms with E-state index in [0.717, 1.165) is 29.0 Å². The third kappa shape index (κ3) is 4.06. The molecule has 5 nitrogen and oxygen atoms in total. The Morgan fingerprint density at radius 1 is 1.22 bits per heavy atom. The Kier molecular flexibility index (Phi) is 5.27. The molecule has 4 rings (SSSR count). The number of ether oxygens (including phenoxy) is 2. The molecule has 2 aromatic carbocycles. The Morgan fingerprint density at radius 3 is 2.81 bits per heavy atom. The Hall–Kier alpha value is -2.18. The van der Waals surface area contributed by atoms with E-state index in [1.807, 2.05) is 19.1 Å². The summed E-state index contributed by atoms with van der Waals surface area (Å²) in [7, 11) is 0. The molecule has 27 heavy (non-hydrogen) atoms. The van der Waals surface area contributed by atoms with Gasteiger partial charge in [0.15, 0.2) is 0 Å². The molecule has 1 aliphatic rings. The first kappa shape index (κ1) is 18.2. The standard InChI is InChI=1S/C20H19ClN2O3S/c1-3-24-17-9-14-8-12(2)25-18(14)10-15(17)11-27-20-23-22-19(26-20)13-4-6-16(21)7-5-13/h4-7,9-10,12H,3,8,11H2,1-2H3. The van der Waals surface area contributed by atoms with Crippen LogP contribution in [-0.2, 0) is 12.2 Å². The largest absolute Gasteiger partial charge is 0.494 e. The lowest BCUT2D eigenvalue weighted by Crippen LogP contribution is -2.05. The molecule has 0 spiro atoms. The molecule has 0 saturated carbocycles. The molecule has 1 atom stereocenters. The van der Waals surface area contributed by atoms with Crippen molar-refractivity contribution in [2.45, 2.75) is 37.3 Å². The molecule has 7 heteroatoms. The van der Waals surface area contributed by atoms with Crippen LogP contribution in [0.15, 0.2) is 46.0 Å². The summed E-state index contributed by atoms with van der Waals surface area (Å²) in [6.45, 7) is 4.68. The van der Waals surface area contributed by atoms with Crippen molar-refractivity contribution in [3.63, 3.8) is 0 Å². The zero-order valence-corrected chi connectivity index (χ0v) is 16.6. The van der Waals surface area contributed by atoms with Crippen LogP contribution in [0.4, 0.5) is 0 Å². The fourth-order valence-corrected chi connectivity index (χ4v) is 3.87. The molecule has 0 saturated heterocycles. The summed E-state index contributed by atoms with van der Waals surface area (Å²) in [6, 6.07) is 11.5. The van der Waals surface area contributed by atoms with Crippen molar-refractivity contribution in [2.24, 2.45) is 0 Å². The molecule has 3 aromatic rings. The lowest BCUT2D eigenvalue weighted by molar-refractivity contribution is 0.254. The monoisotopic (exact) mass is 402 g/mol. The van der Waals surface area contributed by atoms with Crippen molar-refractivity contribution >= 4 is 23.4 Å². The van der Waals surface area contributed by atoms with Gasteiger partial charge in [-0.1, -0.05) is 23.4 Å². The van der Waals surface area contributed by atoms with E-state index in [1.165, 1.54) is 17.3 Å². The third-order valence-corrected chi connectivity index (χ3v) is 5.35. The molecule has 0 aliphatic carbocycles. The van der Waals surface area contributed by atoms with Crippen LogP contribution in [0.5, 0.6) is 11.5 Å². The number of nitrogens with zero attached hydrogens (tertiary/aromatic N) is 2. The Labute approximate surface area is 167 Å². The molecule has 0 N–H and O–H groups in total. The number of hydrogen-bond acceptors (Lipinski definition) is 6. The normalized spacial score (nSPS) is 15.4. The third-order valence-electron chi connectivity index (χ3n) is 4.23. The van der Waals surface area contributed by atoms with Crippen LogP contribution >= 0.6 is 23.4 Å². The van der Waals surface area contributed by atoms with Crippen LogP contribution < -0.4 is 9.47 Å². The number of fused-ring (bicyclic) bond motifs is 1. The molecule has 0 radical (unpaired) electrons.